The van der Waals surface area contributed by atoms with Crippen molar-refractivity contribution in [3.63, 3.8) is 0 Å². The van der Waals surface area contributed by atoms with Gasteiger partial charge in [-0.25, -0.2) is 0 Å². The van der Waals surface area contributed by atoms with Crippen molar-refractivity contribution >= 4 is 5.97 Å². The van der Waals surface area contributed by atoms with Crippen LogP contribution in [0.1, 0.15) is 62.1 Å². The standard InChI is InChI=1S/C14H17F3N2O4/c15-14(16,17)23-10-5-9(6-10)12-19-18-11(22-12)7-1-3-8(4-2-7)13(20)21/h7-10H,1-6H2,(H,20,21)/t7-,8-,9-,10+. The zero-order valence-corrected chi connectivity index (χ0v) is 12.3. The normalized spacial score (nSPS) is 31.6. The molecule has 1 aromatic rings. The number of halogens is 3. The van der Waals surface area contributed by atoms with Crippen molar-refractivity contribution in [2.75, 3.05) is 0 Å². The lowest BCUT2D eigenvalue weighted by molar-refractivity contribution is -0.352. The highest BCUT2D eigenvalue weighted by atomic mass is 19.4. The minimum atomic E-state index is -4.61. The van der Waals surface area contributed by atoms with E-state index in [0.29, 0.717) is 37.5 Å². The number of rotatable bonds is 4. The minimum Gasteiger partial charge on any atom is -0.481 e. The van der Waals surface area contributed by atoms with Gasteiger partial charge in [0.15, 0.2) is 0 Å². The van der Waals surface area contributed by atoms with Gasteiger partial charge in [0.1, 0.15) is 0 Å². The van der Waals surface area contributed by atoms with Crippen LogP contribution in [0.4, 0.5) is 13.2 Å². The maximum atomic E-state index is 12.1. The molecule has 23 heavy (non-hydrogen) atoms. The lowest BCUT2D eigenvalue weighted by Crippen LogP contribution is -2.34. The van der Waals surface area contributed by atoms with Crippen molar-refractivity contribution in [2.24, 2.45) is 5.92 Å². The van der Waals surface area contributed by atoms with Crippen LogP contribution in [-0.2, 0) is 9.53 Å². The van der Waals surface area contributed by atoms with Crippen LogP contribution < -0.4 is 0 Å². The number of aliphatic carboxylic acids is 1. The third-order valence-electron chi connectivity index (χ3n) is 4.63. The van der Waals surface area contributed by atoms with Crippen LogP contribution in [-0.4, -0.2) is 33.7 Å². The topological polar surface area (TPSA) is 85.5 Å². The summed E-state index contributed by atoms with van der Waals surface area (Å²) in [5.41, 5.74) is 0. The molecule has 0 aromatic carbocycles. The molecule has 0 aliphatic heterocycles. The van der Waals surface area contributed by atoms with Crippen LogP contribution >= 0.6 is 0 Å². The second-order valence-electron chi connectivity index (χ2n) is 6.22. The van der Waals surface area contributed by atoms with Gasteiger partial charge < -0.3 is 9.52 Å². The Hall–Kier alpha value is -1.64. The Bertz CT molecular complexity index is 561. The molecule has 0 bridgehead atoms. The maximum absolute atomic E-state index is 12.1. The van der Waals surface area contributed by atoms with Gasteiger partial charge in [0.25, 0.3) is 0 Å². The first-order chi connectivity index (χ1) is 10.8. The highest BCUT2D eigenvalue weighted by Crippen LogP contribution is 2.42. The monoisotopic (exact) mass is 334 g/mol. The predicted octanol–water partition coefficient (Wildman–Crippen LogP) is 3.21. The lowest BCUT2D eigenvalue weighted by atomic mass is 9.82. The predicted molar refractivity (Wildman–Crippen MR) is 69.5 cm³/mol. The summed E-state index contributed by atoms with van der Waals surface area (Å²) in [7, 11) is 0. The zero-order valence-electron chi connectivity index (χ0n) is 12.3. The van der Waals surface area contributed by atoms with Crippen molar-refractivity contribution in [3.05, 3.63) is 11.8 Å². The molecule has 0 atom stereocenters. The third kappa shape index (κ3) is 3.82. The lowest BCUT2D eigenvalue weighted by Gasteiger charge is -2.32. The van der Waals surface area contributed by atoms with Crippen LogP contribution in [0.5, 0.6) is 0 Å². The van der Waals surface area contributed by atoms with E-state index in [4.69, 9.17) is 9.52 Å². The Morgan fingerprint density at radius 3 is 2.17 bits per heavy atom. The molecule has 2 aliphatic rings. The van der Waals surface area contributed by atoms with E-state index >= 15 is 0 Å². The van der Waals surface area contributed by atoms with Crippen LogP contribution in [0, 0.1) is 5.92 Å². The molecular formula is C14H17F3N2O4. The molecule has 0 amide bonds. The number of alkyl halides is 3. The number of aromatic nitrogens is 2. The van der Waals surface area contributed by atoms with E-state index in [1.807, 2.05) is 0 Å². The Labute approximate surface area is 130 Å². The van der Waals surface area contributed by atoms with Crippen LogP contribution in [0.3, 0.4) is 0 Å². The van der Waals surface area contributed by atoms with Crippen LogP contribution in [0.2, 0.25) is 0 Å². The summed E-state index contributed by atoms with van der Waals surface area (Å²) in [4.78, 5) is 10.9. The number of carboxylic acids is 1. The van der Waals surface area contributed by atoms with Gasteiger partial charge in [-0.15, -0.1) is 23.4 Å². The van der Waals surface area contributed by atoms with Gasteiger partial charge in [-0.05, 0) is 38.5 Å². The number of nitrogens with zero attached hydrogens (tertiary/aromatic N) is 2. The molecule has 1 N–H and O–H groups in total. The molecular weight excluding hydrogens is 317 g/mol. The van der Waals surface area contributed by atoms with Crippen molar-refractivity contribution < 1.29 is 32.2 Å². The third-order valence-corrected chi connectivity index (χ3v) is 4.63. The van der Waals surface area contributed by atoms with Crippen molar-refractivity contribution in [2.45, 2.75) is 62.8 Å². The zero-order chi connectivity index (χ0) is 16.6. The van der Waals surface area contributed by atoms with E-state index in [9.17, 15) is 18.0 Å². The summed E-state index contributed by atoms with van der Waals surface area (Å²) < 4.78 is 45.8. The van der Waals surface area contributed by atoms with Gasteiger partial charge in [0.2, 0.25) is 11.8 Å². The molecule has 0 spiro atoms. The fraction of sp³-hybridized carbons (Fsp3) is 0.786. The first-order valence-electron chi connectivity index (χ1n) is 7.62. The molecule has 1 aromatic heterocycles. The fourth-order valence-corrected chi connectivity index (χ4v) is 3.22. The summed E-state index contributed by atoms with van der Waals surface area (Å²) in [5, 5.41) is 16.9. The Morgan fingerprint density at radius 2 is 1.65 bits per heavy atom. The molecule has 2 aliphatic carbocycles. The van der Waals surface area contributed by atoms with Gasteiger partial charge in [-0.3, -0.25) is 9.53 Å². The summed E-state index contributed by atoms with van der Waals surface area (Å²) >= 11 is 0. The Kier molecular flexibility index (Phi) is 4.31. The van der Waals surface area contributed by atoms with Crippen molar-refractivity contribution in [1.82, 2.24) is 10.2 Å². The molecule has 0 unspecified atom stereocenters. The van der Waals surface area contributed by atoms with Gasteiger partial charge in [0.05, 0.1) is 12.0 Å². The number of hydrogen-bond donors (Lipinski definition) is 1. The van der Waals surface area contributed by atoms with Gasteiger partial charge in [-0.1, -0.05) is 0 Å². The van der Waals surface area contributed by atoms with E-state index in [1.54, 1.807) is 0 Å². The average Bonchev–Trinajstić information content (AvgIpc) is 2.90. The molecule has 3 rings (SSSR count). The van der Waals surface area contributed by atoms with E-state index in [0.717, 1.165) is 0 Å². The molecule has 1 heterocycles. The van der Waals surface area contributed by atoms with Crippen molar-refractivity contribution in [3.8, 4) is 0 Å². The summed E-state index contributed by atoms with van der Waals surface area (Å²) in [5.74, 6) is -0.445. The molecule has 2 fully saturated rings. The Morgan fingerprint density at radius 1 is 1.09 bits per heavy atom. The highest BCUT2D eigenvalue weighted by molar-refractivity contribution is 5.70. The van der Waals surface area contributed by atoms with E-state index in [2.05, 4.69) is 14.9 Å². The summed E-state index contributed by atoms with van der Waals surface area (Å²) in [6, 6.07) is 0. The number of ether oxygens (including phenoxy) is 1. The van der Waals surface area contributed by atoms with Gasteiger partial charge in [-0.2, -0.15) is 0 Å². The first kappa shape index (κ1) is 16.2. The van der Waals surface area contributed by atoms with E-state index in [1.165, 1.54) is 0 Å². The first-order valence-corrected chi connectivity index (χ1v) is 7.62. The second kappa shape index (κ2) is 6.10. The fourth-order valence-electron chi connectivity index (χ4n) is 3.22. The van der Waals surface area contributed by atoms with Gasteiger partial charge in [0, 0.05) is 11.8 Å². The SMILES string of the molecule is O=C(O)[C@H]1CC[C@H](c2nnc([C@H]3C[C@@H](OC(F)(F)F)C3)o2)CC1. The van der Waals surface area contributed by atoms with Gasteiger partial charge >= 0.3 is 12.3 Å². The number of hydrogen-bond acceptors (Lipinski definition) is 5. The summed E-state index contributed by atoms with van der Waals surface area (Å²) in [6.45, 7) is 0. The molecule has 9 heteroatoms. The Balaban J connectivity index is 1.51. The number of carboxylic acid groups (broad SMARTS) is 1. The minimum absolute atomic E-state index is 0.0362. The van der Waals surface area contributed by atoms with Crippen LogP contribution in [0.25, 0.3) is 0 Å². The largest absolute Gasteiger partial charge is 0.522 e. The van der Waals surface area contributed by atoms with E-state index < -0.39 is 18.4 Å². The quantitative estimate of drug-likeness (QED) is 0.910. The van der Waals surface area contributed by atoms with Crippen LogP contribution in [0.15, 0.2) is 4.42 Å². The molecule has 0 radical (unpaired) electrons. The molecule has 6 nitrogen and oxygen atoms in total. The molecule has 128 valence electrons. The van der Waals surface area contributed by atoms with Crippen molar-refractivity contribution in [1.29, 1.82) is 0 Å². The molecule has 2 saturated carbocycles. The molecule has 0 saturated heterocycles. The average molecular weight is 334 g/mol. The second-order valence-corrected chi connectivity index (χ2v) is 6.22. The van der Waals surface area contributed by atoms with E-state index in [-0.39, 0.29) is 30.6 Å². The number of carbonyl (C=O) groups is 1. The highest BCUT2D eigenvalue weighted by Gasteiger charge is 2.42. The smallest absolute Gasteiger partial charge is 0.481 e. The maximum Gasteiger partial charge on any atom is 0.522 e. The summed E-state index contributed by atoms with van der Waals surface area (Å²) in [6.07, 6.45) is -2.54.